The number of hydrogen-bond donors (Lipinski definition) is 0. The van der Waals surface area contributed by atoms with E-state index in [9.17, 15) is 4.79 Å². The van der Waals surface area contributed by atoms with E-state index in [1.54, 1.807) is 11.6 Å². The molecule has 0 saturated carbocycles. The van der Waals surface area contributed by atoms with Gasteiger partial charge in [-0.1, -0.05) is 54.6 Å². The molecule has 6 aromatic rings. The van der Waals surface area contributed by atoms with Gasteiger partial charge in [0.2, 0.25) is 0 Å². The fraction of sp³-hybridized carbons (Fsp3) is 0.0417. The van der Waals surface area contributed by atoms with Crippen LogP contribution < -0.4 is 10.7 Å². The van der Waals surface area contributed by atoms with Gasteiger partial charge in [-0.2, -0.15) is 10.3 Å². The molecule has 0 unspecified atom stereocenters. The van der Waals surface area contributed by atoms with Crippen LogP contribution in [0.25, 0.3) is 50.3 Å². The molecule has 0 aliphatic rings. The molecule has 0 saturated heterocycles. The van der Waals surface area contributed by atoms with Crippen molar-refractivity contribution in [1.29, 1.82) is 0 Å². The van der Waals surface area contributed by atoms with Crippen molar-refractivity contribution in [2.24, 2.45) is 7.05 Å². The van der Waals surface area contributed by atoms with Crippen molar-refractivity contribution in [2.75, 3.05) is 0 Å². The summed E-state index contributed by atoms with van der Waals surface area (Å²) in [6.07, 6.45) is 0. The average Bonchev–Trinajstić information content (AvgIpc) is 3.54. The van der Waals surface area contributed by atoms with Gasteiger partial charge in [0, 0.05) is 24.5 Å². The van der Waals surface area contributed by atoms with Crippen LogP contribution >= 0.6 is 0 Å². The molecule has 0 atom stereocenters. The van der Waals surface area contributed by atoms with Crippen LogP contribution in [0.15, 0.2) is 83.7 Å². The van der Waals surface area contributed by atoms with Crippen LogP contribution in [0.5, 0.6) is 0 Å². The largest absolute Gasteiger partial charge is 0.330 e. The number of aryl methyl sites for hydroxylation is 1. The Labute approximate surface area is 181 Å². The topological polar surface area (TPSA) is 92.1 Å². The summed E-state index contributed by atoms with van der Waals surface area (Å²) in [5, 5.41) is 20.4. The van der Waals surface area contributed by atoms with Crippen molar-refractivity contribution in [3.05, 3.63) is 89.2 Å². The number of hydrogen-bond acceptors (Lipinski definition) is 5. The summed E-state index contributed by atoms with van der Waals surface area (Å²) < 4.78 is 3.47. The Bertz CT molecular complexity index is 1650. The minimum atomic E-state index is -0.0605. The highest BCUT2D eigenvalue weighted by Gasteiger charge is 2.14. The summed E-state index contributed by atoms with van der Waals surface area (Å²) in [5.41, 5.74) is 5.99. The quantitative estimate of drug-likeness (QED) is 0.438. The van der Waals surface area contributed by atoms with Gasteiger partial charge in [0.25, 0.3) is 5.56 Å². The third-order valence-electron chi connectivity index (χ3n) is 5.64. The zero-order valence-electron chi connectivity index (χ0n) is 17.0. The lowest BCUT2D eigenvalue weighted by Crippen LogP contribution is -2.19. The summed E-state index contributed by atoms with van der Waals surface area (Å²) >= 11 is 0. The molecule has 0 radical (unpaired) electrons. The predicted molar refractivity (Wildman–Crippen MR) is 121 cm³/mol. The van der Waals surface area contributed by atoms with Crippen LogP contribution in [0.1, 0.15) is 0 Å². The van der Waals surface area contributed by atoms with Gasteiger partial charge in [-0.05, 0) is 34.9 Å². The second kappa shape index (κ2) is 6.98. The van der Waals surface area contributed by atoms with Crippen molar-refractivity contribution in [2.45, 2.75) is 0 Å². The Kier molecular flexibility index (Phi) is 3.97. The first kappa shape index (κ1) is 18.2. The number of rotatable bonds is 3. The summed E-state index contributed by atoms with van der Waals surface area (Å²) in [6, 6.07) is 25.5. The first-order valence-electron chi connectivity index (χ1n) is 10.1. The zero-order valence-corrected chi connectivity index (χ0v) is 17.0. The molecule has 3 aromatic carbocycles. The van der Waals surface area contributed by atoms with Crippen LogP contribution in [0, 0.1) is 0 Å². The van der Waals surface area contributed by atoms with Gasteiger partial charge in [-0.3, -0.25) is 19.7 Å². The highest BCUT2D eigenvalue weighted by molar-refractivity contribution is 5.87. The first-order chi connectivity index (χ1) is 15.7. The maximum Gasteiger partial charge on any atom is 0.261 e. The summed E-state index contributed by atoms with van der Waals surface area (Å²) in [6.45, 7) is 0. The predicted octanol–water partition coefficient (Wildman–Crippen LogP) is 3.33. The summed E-state index contributed by atoms with van der Waals surface area (Å²) in [5.74, 6) is 0.475. The molecule has 8 heteroatoms. The van der Waals surface area contributed by atoms with Crippen molar-refractivity contribution < 1.29 is 0 Å². The van der Waals surface area contributed by atoms with Crippen LogP contribution in [0.3, 0.4) is 0 Å². The third-order valence-corrected chi connectivity index (χ3v) is 5.64. The second-order valence-electron chi connectivity index (χ2n) is 7.55. The van der Waals surface area contributed by atoms with Crippen molar-refractivity contribution in [3.8, 4) is 33.8 Å². The molecule has 8 nitrogen and oxygen atoms in total. The standard InChI is InChI=1S/C24H16N7O/c1-30-22-14-20(15-6-3-2-4-7-15)27-31(22)21-13-17(10-11-19(21)24(30)32)16-8-5-9-18(12-16)23-25-28-29-26-23/h2-14H,1H3/q-1. The van der Waals surface area contributed by atoms with Gasteiger partial charge in [0.15, 0.2) is 0 Å². The smallest absolute Gasteiger partial charge is 0.261 e. The Hall–Kier alpha value is -4.59. The van der Waals surface area contributed by atoms with Crippen LogP contribution in [-0.4, -0.2) is 29.7 Å². The van der Waals surface area contributed by atoms with E-state index >= 15 is 0 Å². The molecule has 154 valence electrons. The van der Waals surface area contributed by atoms with Gasteiger partial charge in [-0.25, -0.2) is 4.52 Å². The van der Waals surface area contributed by atoms with E-state index in [4.69, 9.17) is 5.10 Å². The van der Waals surface area contributed by atoms with Crippen molar-refractivity contribution in [3.63, 3.8) is 0 Å². The fourth-order valence-corrected chi connectivity index (χ4v) is 3.99. The van der Waals surface area contributed by atoms with Gasteiger partial charge in [0.1, 0.15) is 5.65 Å². The average molecular weight is 418 g/mol. The molecule has 3 aromatic heterocycles. The molecule has 0 bridgehead atoms. The molecule has 6 rings (SSSR count). The monoisotopic (exact) mass is 418 g/mol. The van der Waals surface area contributed by atoms with Crippen molar-refractivity contribution >= 4 is 16.6 Å². The Balaban J connectivity index is 1.58. The molecule has 0 spiro atoms. The van der Waals surface area contributed by atoms with Crippen LogP contribution in [0.2, 0.25) is 0 Å². The molecule has 0 N–H and O–H groups in total. The summed E-state index contributed by atoms with van der Waals surface area (Å²) in [4.78, 5) is 13.0. The Morgan fingerprint density at radius 2 is 1.59 bits per heavy atom. The zero-order chi connectivity index (χ0) is 21.7. The lowest BCUT2D eigenvalue weighted by atomic mass is 10.0. The second-order valence-corrected chi connectivity index (χ2v) is 7.55. The molecule has 3 heterocycles. The van der Waals surface area contributed by atoms with Gasteiger partial charge < -0.3 is 5.10 Å². The number of nitrogens with zero attached hydrogens (tertiary/aromatic N) is 7. The maximum atomic E-state index is 13.0. The van der Waals surface area contributed by atoms with Gasteiger partial charge in [-0.15, -0.1) is 0 Å². The molecule has 32 heavy (non-hydrogen) atoms. The summed E-state index contributed by atoms with van der Waals surface area (Å²) in [7, 11) is 1.77. The molecule has 0 fully saturated rings. The Morgan fingerprint density at radius 3 is 2.41 bits per heavy atom. The Morgan fingerprint density at radius 1 is 0.812 bits per heavy atom. The number of tetrazole rings is 1. The van der Waals surface area contributed by atoms with E-state index in [1.165, 1.54) is 0 Å². The van der Waals surface area contributed by atoms with E-state index in [-0.39, 0.29) is 5.56 Å². The minimum absolute atomic E-state index is 0.0605. The van der Waals surface area contributed by atoms with Gasteiger partial charge >= 0.3 is 0 Å². The number of aromatic nitrogens is 7. The molecular weight excluding hydrogens is 402 g/mol. The van der Waals surface area contributed by atoms with Crippen molar-refractivity contribution in [1.82, 2.24) is 34.8 Å². The highest BCUT2D eigenvalue weighted by Crippen LogP contribution is 2.28. The van der Waals surface area contributed by atoms with E-state index in [1.807, 2.05) is 83.4 Å². The fourth-order valence-electron chi connectivity index (χ4n) is 3.99. The molecule has 0 aliphatic heterocycles. The lowest BCUT2D eigenvalue weighted by molar-refractivity contribution is 0.850. The number of fused-ring (bicyclic) bond motifs is 3. The molecule has 0 amide bonds. The normalized spacial score (nSPS) is 11.4. The van der Waals surface area contributed by atoms with Crippen LogP contribution in [0.4, 0.5) is 0 Å². The highest BCUT2D eigenvalue weighted by atomic mass is 16.1. The van der Waals surface area contributed by atoms with E-state index in [0.717, 1.165) is 39.1 Å². The SMILES string of the molecule is Cn1c(=O)c2ccc(-c3cccc(-c4nnn[n-]4)c3)cc2n2nc(-c3ccccc3)cc12. The lowest BCUT2D eigenvalue weighted by Gasteiger charge is -2.09. The molecule has 0 aliphatic carbocycles. The van der Waals surface area contributed by atoms with E-state index in [0.29, 0.717) is 11.2 Å². The van der Waals surface area contributed by atoms with E-state index < -0.39 is 0 Å². The number of benzene rings is 3. The third kappa shape index (κ3) is 2.81. The first-order valence-corrected chi connectivity index (χ1v) is 10.1. The van der Waals surface area contributed by atoms with Gasteiger partial charge in [0.05, 0.1) is 16.6 Å². The maximum absolute atomic E-state index is 13.0. The molecular formula is C24H16N7O-. The van der Waals surface area contributed by atoms with Crippen LogP contribution in [-0.2, 0) is 7.05 Å². The minimum Gasteiger partial charge on any atom is -0.330 e. The van der Waals surface area contributed by atoms with E-state index in [2.05, 4.69) is 20.6 Å².